The van der Waals surface area contributed by atoms with Crippen LogP contribution in [-0.4, -0.2) is 24.4 Å². The van der Waals surface area contributed by atoms with Gasteiger partial charge >= 0.3 is 0 Å². The average molecular weight is 235 g/mol. The van der Waals surface area contributed by atoms with Gasteiger partial charge < -0.3 is 19.7 Å². The van der Waals surface area contributed by atoms with Crippen molar-refractivity contribution in [3.63, 3.8) is 0 Å². The minimum atomic E-state index is -0.450. The molecule has 1 atom stereocenters. The molecular weight excluding hydrogens is 222 g/mol. The van der Waals surface area contributed by atoms with Gasteiger partial charge in [-0.1, -0.05) is 11.2 Å². The third kappa shape index (κ3) is 2.21. The fraction of sp³-hybridized carbons (Fsp3) is 0.273. The third-order valence-corrected chi connectivity index (χ3v) is 2.42. The zero-order valence-electron chi connectivity index (χ0n) is 9.58. The van der Waals surface area contributed by atoms with E-state index in [2.05, 4.69) is 14.7 Å². The van der Waals surface area contributed by atoms with E-state index < -0.39 is 6.04 Å². The summed E-state index contributed by atoms with van der Waals surface area (Å²) in [5, 5.41) is 3.71. The molecule has 90 valence electrons. The standard InChI is InChI=1S/C11H13N3O3/c1-15-8-4-3-7(5-9(8)16-2)10(12)11-13-6-17-14-11/h3-6,10H,12H2,1-2H3. The van der Waals surface area contributed by atoms with Crippen molar-refractivity contribution in [1.82, 2.24) is 10.1 Å². The van der Waals surface area contributed by atoms with Crippen LogP contribution >= 0.6 is 0 Å². The lowest BCUT2D eigenvalue weighted by atomic mass is 10.1. The normalized spacial score (nSPS) is 12.2. The second kappa shape index (κ2) is 4.84. The molecule has 1 aromatic heterocycles. The smallest absolute Gasteiger partial charge is 0.213 e. The maximum atomic E-state index is 5.99. The van der Waals surface area contributed by atoms with Gasteiger partial charge in [-0.05, 0) is 17.7 Å². The molecule has 17 heavy (non-hydrogen) atoms. The molecule has 0 saturated heterocycles. The highest BCUT2D eigenvalue weighted by atomic mass is 16.5. The van der Waals surface area contributed by atoms with Crippen molar-refractivity contribution < 1.29 is 14.0 Å². The van der Waals surface area contributed by atoms with Crippen LogP contribution in [-0.2, 0) is 0 Å². The predicted octanol–water partition coefficient (Wildman–Crippen LogP) is 1.13. The summed E-state index contributed by atoms with van der Waals surface area (Å²) in [6.45, 7) is 0. The number of methoxy groups -OCH3 is 2. The van der Waals surface area contributed by atoms with Crippen molar-refractivity contribution in [3.05, 3.63) is 36.0 Å². The van der Waals surface area contributed by atoms with E-state index in [1.807, 2.05) is 6.07 Å². The van der Waals surface area contributed by atoms with Gasteiger partial charge in [0, 0.05) is 0 Å². The molecule has 0 amide bonds. The number of ether oxygens (including phenoxy) is 2. The second-order valence-corrected chi connectivity index (χ2v) is 3.38. The predicted molar refractivity (Wildman–Crippen MR) is 59.9 cm³/mol. The van der Waals surface area contributed by atoms with Crippen LogP contribution in [0.3, 0.4) is 0 Å². The highest BCUT2D eigenvalue weighted by molar-refractivity contribution is 5.44. The van der Waals surface area contributed by atoms with Crippen molar-refractivity contribution in [1.29, 1.82) is 0 Å². The Bertz CT molecular complexity index is 485. The van der Waals surface area contributed by atoms with Crippen molar-refractivity contribution in [2.75, 3.05) is 14.2 Å². The van der Waals surface area contributed by atoms with Crippen LogP contribution in [0.25, 0.3) is 0 Å². The number of nitrogens with zero attached hydrogens (tertiary/aromatic N) is 2. The molecule has 2 N–H and O–H groups in total. The molecule has 0 bridgehead atoms. The van der Waals surface area contributed by atoms with E-state index in [4.69, 9.17) is 15.2 Å². The molecule has 1 aromatic carbocycles. The van der Waals surface area contributed by atoms with Gasteiger partial charge in [0.1, 0.15) is 0 Å². The van der Waals surface area contributed by atoms with Gasteiger partial charge in [-0.3, -0.25) is 0 Å². The maximum absolute atomic E-state index is 5.99. The first-order valence-electron chi connectivity index (χ1n) is 5.00. The maximum Gasteiger partial charge on any atom is 0.213 e. The summed E-state index contributed by atoms with van der Waals surface area (Å²) >= 11 is 0. The first-order valence-corrected chi connectivity index (χ1v) is 5.00. The number of rotatable bonds is 4. The molecule has 6 nitrogen and oxygen atoms in total. The lowest BCUT2D eigenvalue weighted by molar-refractivity contribution is 0.354. The summed E-state index contributed by atoms with van der Waals surface area (Å²) in [5.74, 6) is 1.69. The highest BCUT2D eigenvalue weighted by Gasteiger charge is 2.15. The summed E-state index contributed by atoms with van der Waals surface area (Å²) in [6.07, 6.45) is 1.25. The van der Waals surface area contributed by atoms with E-state index in [9.17, 15) is 0 Å². The molecule has 0 saturated carbocycles. The van der Waals surface area contributed by atoms with Crippen LogP contribution in [0.5, 0.6) is 11.5 Å². The van der Waals surface area contributed by atoms with Gasteiger partial charge in [-0.25, -0.2) is 0 Å². The Morgan fingerprint density at radius 1 is 1.24 bits per heavy atom. The SMILES string of the molecule is COc1ccc(C(N)c2ncon2)cc1OC. The monoisotopic (exact) mass is 235 g/mol. The molecule has 0 fully saturated rings. The molecule has 6 heteroatoms. The Kier molecular flexibility index (Phi) is 3.24. The summed E-state index contributed by atoms with van der Waals surface area (Å²) in [7, 11) is 3.15. The van der Waals surface area contributed by atoms with Crippen molar-refractivity contribution in [2.45, 2.75) is 6.04 Å². The van der Waals surface area contributed by atoms with Crippen LogP contribution in [0.15, 0.2) is 29.1 Å². The Hall–Kier alpha value is -2.08. The third-order valence-electron chi connectivity index (χ3n) is 2.42. The van der Waals surface area contributed by atoms with Crippen LogP contribution in [0.4, 0.5) is 0 Å². The van der Waals surface area contributed by atoms with Crippen LogP contribution in [0.1, 0.15) is 17.4 Å². The molecule has 0 spiro atoms. The number of hydrogen-bond acceptors (Lipinski definition) is 6. The lowest BCUT2D eigenvalue weighted by Gasteiger charge is -2.12. The van der Waals surface area contributed by atoms with E-state index in [1.54, 1.807) is 26.4 Å². The van der Waals surface area contributed by atoms with E-state index in [-0.39, 0.29) is 0 Å². The van der Waals surface area contributed by atoms with Gasteiger partial charge in [0.05, 0.1) is 20.3 Å². The van der Waals surface area contributed by atoms with Crippen LogP contribution < -0.4 is 15.2 Å². The highest BCUT2D eigenvalue weighted by Crippen LogP contribution is 2.30. The fourth-order valence-corrected chi connectivity index (χ4v) is 1.51. The molecule has 0 radical (unpaired) electrons. The van der Waals surface area contributed by atoms with E-state index in [0.29, 0.717) is 17.3 Å². The number of aromatic nitrogens is 2. The first kappa shape index (κ1) is 11.4. The van der Waals surface area contributed by atoms with Crippen LogP contribution in [0.2, 0.25) is 0 Å². The molecule has 2 aromatic rings. The number of nitrogens with two attached hydrogens (primary N) is 1. The quantitative estimate of drug-likeness (QED) is 0.855. The summed E-state index contributed by atoms with van der Waals surface area (Å²) in [5.41, 5.74) is 6.82. The molecule has 0 aliphatic carbocycles. The van der Waals surface area contributed by atoms with Crippen LogP contribution in [0, 0.1) is 0 Å². The molecule has 1 heterocycles. The summed E-state index contributed by atoms with van der Waals surface area (Å²) < 4.78 is 15.0. The first-order chi connectivity index (χ1) is 8.26. The Balaban J connectivity index is 2.33. The van der Waals surface area contributed by atoms with Crippen molar-refractivity contribution >= 4 is 0 Å². The van der Waals surface area contributed by atoms with Crippen molar-refractivity contribution in [3.8, 4) is 11.5 Å². The largest absolute Gasteiger partial charge is 0.493 e. The van der Waals surface area contributed by atoms with Gasteiger partial charge in [0.15, 0.2) is 17.3 Å². The van der Waals surface area contributed by atoms with Gasteiger partial charge in [0.25, 0.3) is 0 Å². The zero-order valence-corrected chi connectivity index (χ0v) is 9.58. The Morgan fingerprint density at radius 3 is 2.59 bits per heavy atom. The fourth-order valence-electron chi connectivity index (χ4n) is 1.51. The minimum Gasteiger partial charge on any atom is -0.493 e. The van der Waals surface area contributed by atoms with Crippen molar-refractivity contribution in [2.24, 2.45) is 5.73 Å². The van der Waals surface area contributed by atoms with E-state index >= 15 is 0 Å². The van der Waals surface area contributed by atoms with E-state index in [0.717, 1.165) is 5.56 Å². The summed E-state index contributed by atoms with van der Waals surface area (Å²) in [6, 6.07) is 4.96. The van der Waals surface area contributed by atoms with Gasteiger partial charge in [-0.2, -0.15) is 4.98 Å². The molecule has 1 unspecified atom stereocenters. The molecule has 0 aliphatic rings. The Morgan fingerprint density at radius 2 is 2.00 bits per heavy atom. The van der Waals surface area contributed by atoms with Gasteiger partial charge in [0.2, 0.25) is 6.39 Å². The molecule has 0 aliphatic heterocycles. The lowest BCUT2D eigenvalue weighted by Crippen LogP contribution is -2.13. The van der Waals surface area contributed by atoms with Gasteiger partial charge in [-0.15, -0.1) is 0 Å². The van der Waals surface area contributed by atoms with E-state index in [1.165, 1.54) is 6.39 Å². The number of hydrogen-bond donors (Lipinski definition) is 1. The molecule has 2 rings (SSSR count). The Labute approximate surface area is 98.3 Å². The minimum absolute atomic E-state index is 0.428. The molecular formula is C11H13N3O3. The topological polar surface area (TPSA) is 83.4 Å². The number of benzene rings is 1. The zero-order chi connectivity index (χ0) is 12.3. The average Bonchev–Trinajstić information content (AvgIpc) is 2.90. The second-order valence-electron chi connectivity index (χ2n) is 3.38. The summed E-state index contributed by atoms with van der Waals surface area (Å²) in [4.78, 5) is 3.92.